The molecule has 0 aliphatic carbocycles. The fourth-order valence-corrected chi connectivity index (χ4v) is 2.46. The van der Waals surface area contributed by atoms with E-state index < -0.39 is 16.3 Å². The zero-order valence-electron chi connectivity index (χ0n) is 7.02. The highest BCUT2D eigenvalue weighted by molar-refractivity contribution is 7.87. The third-order valence-electron chi connectivity index (χ3n) is 1.79. The minimum absolute atomic E-state index is 0.218. The second-order valence-electron chi connectivity index (χ2n) is 2.80. The van der Waals surface area contributed by atoms with Gasteiger partial charge in [-0.15, -0.1) is 0 Å². The van der Waals surface area contributed by atoms with Crippen molar-refractivity contribution in [2.45, 2.75) is 19.4 Å². The van der Waals surface area contributed by atoms with Crippen molar-refractivity contribution >= 4 is 10.2 Å². The molecule has 0 amide bonds. The van der Waals surface area contributed by atoms with E-state index in [-0.39, 0.29) is 6.54 Å². The van der Waals surface area contributed by atoms with Crippen molar-refractivity contribution in [3.63, 3.8) is 0 Å². The van der Waals surface area contributed by atoms with Crippen molar-refractivity contribution < 1.29 is 13.5 Å². The summed E-state index contributed by atoms with van der Waals surface area (Å²) >= 11 is 0. The molecule has 1 atom stereocenters. The number of hydrogen-bond donors (Lipinski definition) is 2. The molecule has 1 heterocycles. The number of nitrogens with one attached hydrogen (secondary N) is 1. The van der Waals surface area contributed by atoms with Crippen LogP contribution in [0.15, 0.2) is 0 Å². The lowest BCUT2D eigenvalue weighted by Gasteiger charge is -2.14. The minimum Gasteiger partial charge on any atom is -0.392 e. The number of hydrogen-bond acceptors (Lipinski definition) is 3. The van der Waals surface area contributed by atoms with E-state index in [1.807, 2.05) is 0 Å². The topological polar surface area (TPSA) is 69.6 Å². The van der Waals surface area contributed by atoms with Crippen LogP contribution in [0.2, 0.25) is 0 Å². The first-order valence-electron chi connectivity index (χ1n) is 3.99. The van der Waals surface area contributed by atoms with E-state index in [0.29, 0.717) is 19.5 Å². The lowest BCUT2D eigenvalue weighted by atomic mass is 10.3. The predicted octanol–water partition coefficient (Wildman–Crippen LogP) is -1.09. The van der Waals surface area contributed by atoms with Gasteiger partial charge in [0.05, 0.1) is 6.10 Å². The molecule has 1 rings (SSSR count). The first kappa shape index (κ1) is 9.91. The van der Waals surface area contributed by atoms with Crippen LogP contribution in [-0.4, -0.2) is 43.6 Å². The summed E-state index contributed by atoms with van der Waals surface area (Å²) in [7, 11) is -3.32. The van der Waals surface area contributed by atoms with Crippen LogP contribution in [0.25, 0.3) is 0 Å². The van der Waals surface area contributed by atoms with Gasteiger partial charge in [-0.1, -0.05) is 6.92 Å². The Morgan fingerprint density at radius 1 is 1.67 bits per heavy atom. The van der Waals surface area contributed by atoms with Crippen LogP contribution in [0.5, 0.6) is 0 Å². The molecule has 0 bridgehead atoms. The SMILES string of the molecule is CCNS(=O)(=O)N1CC[C@@H](O)C1. The van der Waals surface area contributed by atoms with Gasteiger partial charge >= 0.3 is 0 Å². The first-order valence-corrected chi connectivity index (χ1v) is 5.43. The summed E-state index contributed by atoms with van der Waals surface area (Å²) in [6.07, 6.45) is 0.0309. The molecule has 0 radical (unpaired) electrons. The summed E-state index contributed by atoms with van der Waals surface area (Å²) in [5.74, 6) is 0. The molecule has 1 aliphatic rings. The Bertz CT molecular complexity index is 239. The molecule has 0 unspecified atom stereocenters. The highest BCUT2D eigenvalue weighted by atomic mass is 32.2. The monoisotopic (exact) mass is 194 g/mol. The van der Waals surface area contributed by atoms with E-state index in [1.54, 1.807) is 6.92 Å². The van der Waals surface area contributed by atoms with Crippen molar-refractivity contribution in [1.29, 1.82) is 0 Å². The molecule has 12 heavy (non-hydrogen) atoms. The maximum absolute atomic E-state index is 11.3. The van der Waals surface area contributed by atoms with Crippen molar-refractivity contribution in [3.05, 3.63) is 0 Å². The Hall–Kier alpha value is -0.170. The first-order chi connectivity index (χ1) is 5.56. The van der Waals surface area contributed by atoms with Crippen molar-refractivity contribution in [1.82, 2.24) is 9.03 Å². The van der Waals surface area contributed by atoms with Gasteiger partial charge in [-0.2, -0.15) is 12.7 Å². The van der Waals surface area contributed by atoms with Gasteiger partial charge in [0.2, 0.25) is 0 Å². The van der Waals surface area contributed by atoms with Crippen LogP contribution in [0.4, 0.5) is 0 Å². The van der Waals surface area contributed by atoms with Crippen LogP contribution in [0.1, 0.15) is 13.3 Å². The van der Waals surface area contributed by atoms with Crippen LogP contribution >= 0.6 is 0 Å². The van der Waals surface area contributed by atoms with E-state index in [0.717, 1.165) is 0 Å². The summed E-state index contributed by atoms with van der Waals surface area (Å²) in [5, 5.41) is 9.10. The van der Waals surface area contributed by atoms with E-state index in [2.05, 4.69) is 4.72 Å². The van der Waals surface area contributed by atoms with Crippen LogP contribution in [0, 0.1) is 0 Å². The van der Waals surface area contributed by atoms with Gasteiger partial charge in [-0.3, -0.25) is 0 Å². The van der Waals surface area contributed by atoms with Gasteiger partial charge in [0.1, 0.15) is 0 Å². The van der Waals surface area contributed by atoms with Crippen molar-refractivity contribution in [2.75, 3.05) is 19.6 Å². The quantitative estimate of drug-likeness (QED) is 0.599. The van der Waals surface area contributed by atoms with E-state index >= 15 is 0 Å². The minimum atomic E-state index is -3.32. The molecular formula is C6H14N2O3S. The average Bonchev–Trinajstić information content (AvgIpc) is 2.36. The lowest BCUT2D eigenvalue weighted by Crippen LogP contribution is -2.39. The standard InChI is InChI=1S/C6H14N2O3S/c1-2-7-12(10,11)8-4-3-6(9)5-8/h6-7,9H,2-5H2,1H3/t6-/m1/s1. The van der Waals surface area contributed by atoms with Crippen LogP contribution in [-0.2, 0) is 10.2 Å². The fourth-order valence-electron chi connectivity index (χ4n) is 1.20. The Morgan fingerprint density at radius 2 is 2.33 bits per heavy atom. The van der Waals surface area contributed by atoms with Gasteiger partial charge in [-0.25, -0.2) is 4.72 Å². The second kappa shape index (κ2) is 3.69. The molecule has 2 N–H and O–H groups in total. The van der Waals surface area contributed by atoms with Gasteiger partial charge < -0.3 is 5.11 Å². The van der Waals surface area contributed by atoms with Gasteiger partial charge in [0.15, 0.2) is 0 Å². The zero-order chi connectivity index (χ0) is 9.19. The maximum Gasteiger partial charge on any atom is 0.279 e. The smallest absolute Gasteiger partial charge is 0.279 e. The maximum atomic E-state index is 11.3. The number of nitrogens with zero attached hydrogens (tertiary/aromatic N) is 1. The second-order valence-corrected chi connectivity index (χ2v) is 4.56. The molecular weight excluding hydrogens is 180 g/mol. The van der Waals surface area contributed by atoms with Crippen LogP contribution in [0.3, 0.4) is 0 Å². The Labute approximate surface area is 72.6 Å². The number of aliphatic hydroxyl groups excluding tert-OH is 1. The largest absolute Gasteiger partial charge is 0.392 e. The number of β-amino-alcohol motifs (C(OH)–C–C–N with tert-alkyl or cyclic N) is 1. The molecule has 0 aromatic carbocycles. The summed E-state index contributed by atoms with van der Waals surface area (Å²) in [6.45, 7) is 2.74. The Kier molecular flexibility index (Phi) is 3.05. The van der Waals surface area contributed by atoms with Crippen molar-refractivity contribution in [2.24, 2.45) is 0 Å². The summed E-state index contributed by atoms with van der Waals surface area (Å²) in [6, 6.07) is 0. The van der Waals surface area contributed by atoms with E-state index in [9.17, 15) is 8.42 Å². The number of rotatable bonds is 3. The van der Waals surface area contributed by atoms with Crippen LogP contribution < -0.4 is 4.72 Å². The summed E-state index contributed by atoms with van der Waals surface area (Å²) in [5.41, 5.74) is 0. The predicted molar refractivity (Wildman–Crippen MR) is 44.8 cm³/mol. The molecule has 5 nitrogen and oxygen atoms in total. The van der Waals surface area contributed by atoms with Crippen molar-refractivity contribution in [3.8, 4) is 0 Å². The zero-order valence-corrected chi connectivity index (χ0v) is 7.84. The fraction of sp³-hybridized carbons (Fsp3) is 1.00. The summed E-state index contributed by atoms with van der Waals surface area (Å²) < 4.78 is 26.2. The number of aliphatic hydroxyl groups is 1. The molecule has 1 saturated heterocycles. The average molecular weight is 194 g/mol. The van der Waals surface area contributed by atoms with E-state index in [4.69, 9.17) is 5.11 Å². The molecule has 0 aromatic rings. The normalized spacial score (nSPS) is 26.3. The Morgan fingerprint density at radius 3 is 2.75 bits per heavy atom. The molecule has 0 spiro atoms. The molecule has 1 fully saturated rings. The highest BCUT2D eigenvalue weighted by Crippen LogP contribution is 2.11. The summed E-state index contributed by atoms with van der Waals surface area (Å²) in [4.78, 5) is 0. The van der Waals surface area contributed by atoms with E-state index in [1.165, 1.54) is 4.31 Å². The lowest BCUT2D eigenvalue weighted by molar-refractivity contribution is 0.189. The van der Waals surface area contributed by atoms with Gasteiger partial charge in [0, 0.05) is 19.6 Å². The molecule has 6 heteroatoms. The molecule has 1 aliphatic heterocycles. The molecule has 72 valence electrons. The molecule has 0 saturated carbocycles. The third-order valence-corrected chi connectivity index (χ3v) is 3.46. The van der Waals surface area contributed by atoms with Gasteiger partial charge in [0.25, 0.3) is 10.2 Å². The molecule has 0 aromatic heterocycles. The van der Waals surface area contributed by atoms with Gasteiger partial charge in [-0.05, 0) is 6.42 Å². The highest BCUT2D eigenvalue weighted by Gasteiger charge is 2.29. The Balaban J connectivity index is 2.58. The third kappa shape index (κ3) is 2.16.